The van der Waals surface area contributed by atoms with Gasteiger partial charge < -0.3 is 0 Å². The van der Waals surface area contributed by atoms with Crippen LogP contribution in [0.15, 0.2) is 48.5 Å². The van der Waals surface area contributed by atoms with Crippen LogP contribution in [0, 0.1) is 6.07 Å². The van der Waals surface area contributed by atoms with Crippen LogP contribution in [0.2, 0.25) is 0 Å². The van der Waals surface area contributed by atoms with E-state index in [0.29, 0.717) is 0 Å². The smallest absolute Gasteiger partial charge is 0.0503 e. The van der Waals surface area contributed by atoms with E-state index in [-0.39, 0.29) is 21.1 Å². The molecule has 0 saturated heterocycles. The maximum Gasteiger partial charge on any atom is 0.0503 e. The normalized spacial score (nSPS) is 10.1. The fourth-order valence-corrected chi connectivity index (χ4v) is 1.65. The van der Waals surface area contributed by atoms with Crippen LogP contribution in [-0.4, -0.2) is 4.98 Å². The third-order valence-corrected chi connectivity index (χ3v) is 2.34. The summed E-state index contributed by atoms with van der Waals surface area (Å²) in [5, 5.41) is 2.24. The van der Waals surface area contributed by atoms with Crippen molar-refractivity contribution in [2.45, 2.75) is 0 Å². The zero-order valence-electron chi connectivity index (χ0n) is 7.88. The molecule has 0 radical (unpaired) electrons. The summed E-state index contributed by atoms with van der Waals surface area (Å²) in [6, 6.07) is 19.3. The van der Waals surface area contributed by atoms with Gasteiger partial charge in [0, 0.05) is 21.1 Å². The Hall–Kier alpha value is -1.20. The number of aromatic nitrogens is 1. The van der Waals surface area contributed by atoms with Gasteiger partial charge in [0.15, 0.2) is 0 Å². The molecular formula is C13H8NPt-. The van der Waals surface area contributed by atoms with Crippen molar-refractivity contribution in [1.82, 2.24) is 4.98 Å². The summed E-state index contributed by atoms with van der Waals surface area (Å²) in [5.74, 6) is 0. The van der Waals surface area contributed by atoms with E-state index in [4.69, 9.17) is 0 Å². The van der Waals surface area contributed by atoms with Crippen LogP contribution in [0.3, 0.4) is 0 Å². The van der Waals surface area contributed by atoms with Gasteiger partial charge in [0.05, 0.1) is 5.52 Å². The van der Waals surface area contributed by atoms with Gasteiger partial charge in [0.25, 0.3) is 0 Å². The van der Waals surface area contributed by atoms with E-state index in [1.807, 2.05) is 36.4 Å². The monoisotopic (exact) mass is 373 g/mol. The number of benzene rings is 2. The Bertz CT molecular complexity index is 499. The van der Waals surface area contributed by atoms with Gasteiger partial charge in [0.1, 0.15) is 0 Å². The quantitative estimate of drug-likeness (QED) is 0.436. The van der Waals surface area contributed by atoms with Gasteiger partial charge in [-0.15, -0.1) is 35.7 Å². The van der Waals surface area contributed by atoms with Crippen LogP contribution >= 0.6 is 0 Å². The molecule has 76 valence electrons. The topological polar surface area (TPSA) is 12.9 Å². The molecule has 0 fully saturated rings. The van der Waals surface area contributed by atoms with Crippen molar-refractivity contribution in [2.24, 2.45) is 0 Å². The number of para-hydroxylation sites is 1. The number of fused-ring (bicyclic) bond motifs is 2. The maximum atomic E-state index is 4.55. The first kappa shape index (κ1) is 10.3. The SMILES string of the molecule is [Pt].[c-]1cccc2nc3ccccc3cc12. The fourth-order valence-electron chi connectivity index (χ4n) is 1.65. The van der Waals surface area contributed by atoms with E-state index in [1.165, 1.54) is 5.39 Å². The third-order valence-electron chi connectivity index (χ3n) is 2.34. The maximum absolute atomic E-state index is 4.55. The van der Waals surface area contributed by atoms with Gasteiger partial charge >= 0.3 is 0 Å². The molecule has 0 aliphatic rings. The van der Waals surface area contributed by atoms with Gasteiger partial charge in [-0.2, -0.15) is 0 Å². The van der Waals surface area contributed by atoms with Crippen LogP contribution in [0.25, 0.3) is 21.8 Å². The summed E-state index contributed by atoms with van der Waals surface area (Å²) in [6.07, 6.45) is 0. The van der Waals surface area contributed by atoms with E-state index >= 15 is 0 Å². The molecule has 0 aliphatic heterocycles. The van der Waals surface area contributed by atoms with E-state index in [1.54, 1.807) is 0 Å². The van der Waals surface area contributed by atoms with E-state index in [0.717, 1.165) is 16.4 Å². The van der Waals surface area contributed by atoms with Crippen molar-refractivity contribution in [3.05, 3.63) is 54.6 Å². The molecule has 0 amide bonds. The van der Waals surface area contributed by atoms with E-state index in [2.05, 4.69) is 23.2 Å². The summed E-state index contributed by atoms with van der Waals surface area (Å²) in [6.45, 7) is 0. The first-order chi connectivity index (χ1) is 6.93. The van der Waals surface area contributed by atoms with Crippen molar-refractivity contribution in [3.63, 3.8) is 0 Å². The zero-order chi connectivity index (χ0) is 9.38. The molecule has 3 rings (SSSR count). The second-order valence-electron chi connectivity index (χ2n) is 3.28. The van der Waals surface area contributed by atoms with Gasteiger partial charge in [0.2, 0.25) is 0 Å². The predicted molar refractivity (Wildman–Crippen MR) is 58.1 cm³/mol. The molecule has 15 heavy (non-hydrogen) atoms. The number of hydrogen-bond donors (Lipinski definition) is 0. The number of hydrogen-bond acceptors (Lipinski definition) is 1. The minimum Gasteiger partial charge on any atom is -0.298 e. The molecule has 0 atom stereocenters. The summed E-state index contributed by atoms with van der Waals surface area (Å²) in [4.78, 5) is 4.55. The molecule has 3 aromatic rings. The molecule has 0 unspecified atom stereocenters. The van der Waals surface area contributed by atoms with Gasteiger partial charge in [-0.3, -0.25) is 4.98 Å². The first-order valence-electron chi connectivity index (χ1n) is 4.60. The molecule has 2 aromatic carbocycles. The Morgan fingerprint density at radius 1 is 0.933 bits per heavy atom. The Morgan fingerprint density at radius 3 is 2.67 bits per heavy atom. The van der Waals surface area contributed by atoms with Crippen molar-refractivity contribution in [2.75, 3.05) is 0 Å². The van der Waals surface area contributed by atoms with Crippen LogP contribution in [0.1, 0.15) is 0 Å². The van der Waals surface area contributed by atoms with Crippen LogP contribution in [0.5, 0.6) is 0 Å². The Labute approximate surface area is 102 Å². The largest absolute Gasteiger partial charge is 0.298 e. The zero-order valence-corrected chi connectivity index (χ0v) is 10.2. The standard InChI is InChI=1S/C13H8N.Pt/c1-3-7-12-10(5-1)9-11-6-2-4-8-13(11)14-12;/h1-5,7-9H;/q-1;. The Morgan fingerprint density at radius 2 is 1.73 bits per heavy atom. The second kappa shape index (κ2) is 4.12. The number of nitrogens with zero attached hydrogens (tertiary/aromatic N) is 1. The molecule has 0 N–H and O–H groups in total. The minimum atomic E-state index is 0. The van der Waals surface area contributed by atoms with Gasteiger partial charge in [-0.1, -0.05) is 18.2 Å². The Balaban J connectivity index is 0.000000853. The van der Waals surface area contributed by atoms with Crippen molar-refractivity contribution in [3.8, 4) is 0 Å². The predicted octanol–water partition coefficient (Wildman–Crippen LogP) is 3.19. The van der Waals surface area contributed by atoms with E-state index in [9.17, 15) is 0 Å². The molecule has 2 heteroatoms. The molecule has 0 aliphatic carbocycles. The fraction of sp³-hybridized carbons (Fsp3) is 0. The molecule has 1 heterocycles. The van der Waals surface area contributed by atoms with Crippen molar-refractivity contribution in [1.29, 1.82) is 0 Å². The molecule has 0 spiro atoms. The second-order valence-corrected chi connectivity index (χ2v) is 3.28. The van der Waals surface area contributed by atoms with Crippen LogP contribution in [-0.2, 0) is 21.1 Å². The van der Waals surface area contributed by atoms with E-state index < -0.39 is 0 Å². The van der Waals surface area contributed by atoms with Crippen LogP contribution < -0.4 is 0 Å². The molecule has 1 aromatic heterocycles. The minimum absolute atomic E-state index is 0. The van der Waals surface area contributed by atoms with Gasteiger partial charge in [-0.25, -0.2) is 0 Å². The average Bonchev–Trinajstić information content (AvgIpc) is 2.26. The first-order valence-corrected chi connectivity index (χ1v) is 4.60. The van der Waals surface area contributed by atoms with Crippen molar-refractivity contribution >= 4 is 21.8 Å². The molecule has 1 nitrogen and oxygen atoms in total. The average molecular weight is 373 g/mol. The Kier molecular flexibility index (Phi) is 2.83. The van der Waals surface area contributed by atoms with Crippen LogP contribution in [0.4, 0.5) is 0 Å². The summed E-state index contributed by atoms with van der Waals surface area (Å²) in [7, 11) is 0. The molecular weight excluding hydrogens is 365 g/mol. The number of rotatable bonds is 0. The summed E-state index contributed by atoms with van der Waals surface area (Å²) >= 11 is 0. The summed E-state index contributed by atoms with van der Waals surface area (Å²) in [5.41, 5.74) is 2.05. The molecule has 0 saturated carbocycles. The van der Waals surface area contributed by atoms with Gasteiger partial charge in [-0.05, 0) is 17.0 Å². The number of pyridine rings is 1. The summed E-state index contributed by atoms with van der Waals surface area (Å²) < 4.78 is 0. The third kappa shape index (κ3) is 1.80. The van der Waals surface area contributed by atoms with Crippen molar-refractivity contribution < 1.29 is 21.1 Å². The molecule has 0 bridgehead atoms.